The topological polar surface area (TPSA) is 71.1 Å². The second-order valence-corrected chi connectivity index (χ2v) is 6.37. The predicted molar refractivity (Wildman–Crippen MR) is 108 cm³/mol. The van der Waals surface area contributed by atoms with Gasteiger partial charge in [-0.15, -0.1) is 0 Å². The zero-order valence-electron chi connectivity index (χ0n) is 16.2. The number of piperazine rings is 1. The molecule has 0 saturated carbocycles. The summed E-state index contributed by atoms with van der Waals surface area (Å²) < 4.78 is 10.2. The van der Waals surface area contributed by atoms with E-state index >= 15 is 0 Å². The molecule has 0 bridgehead atoms. The first-order valence-corrected chi connectivity index (χ1v) is 9.33. The Morgan fingerprint density at radius 2 is 1.68 bits per heavy atom. The zero-order valence-corrected chi connectivity index (χ0v) is 16.2. The number of hydrogen-bond donors (Lipinski definition) is 1. The van der Waals surface area contributed by atoms with Crippen LogP contribution in [0.5, 0.6) is 5.75 Å². The highest BCUT2D eigenvalue weighted by Crippen LogP contribution is 2.21. The lowest BCUT2D eigenvalue weighted by molar-refractivity contribution is 0.0602. The second-order valence-electron chi connectivity index (χ2n) is 6.37. The minimum Gasteiger partial charge on any atom is -0.494 e. The molecule has 148 valence electrons. The second kappa shape index (κ2) is 9.12. The van der Waals surface area contributed by atoms with E-state index in [1.807, 2.05) is 31.2 Å². The van der Waals surface area contributed by atoms with Gasteiger partial charge in [-0.05, 0) is 43.3 Å². The number of para-hydroxylation sites is 1. The lowest BCUT2D eigenvalue weighted by Gasteiger charge is -2.36. The van der Waals surface area contributed by atoms with Crippen LogP contribution in [0.1, 0.15) is 17.3 Å². The van der Waals surface area contributed by atoms with Gasteiger partial charge >= 0.3 is 12.0 Å². The highest BCUT2D eigenvalue weighted by Gasteiger charge is 2.22. The zero-order chi connectivity index (χ0) is 19.9. The van der Waals surface area contributed by atoms with E-state index in [-0.39, 0.29) is 6.03 Å². The van der Waals surface area contributed by atoms with E-state index in [1.165, 1.54) is 7.11 Å². The molecule has 2 amide bonds. The highest BCUT2D eigenvalue weighted by atomic mass is 16.5. The van der Waals surface area contributed by atoms with E-state index in [0.29, 0.717) is 30.9 Å². The van der Waals surface area contributed by atoms with Gasteiger partial charge in [0.2, 0.25) is 0 Å². The molecule has 0 spiro atoms. The first-order chi connectivity index (χ1) is 13.6. The average Bonchev–Trinajstić information content (AvgIpc) is 2.74. The molecule has 1 N–H and O–H groups in total. The molecule has 1 saturated heterocycles. The van der Waals surface area contributed by atoms with Crippen molar-refractivity contribution in [3.05, 3.63) is 54.1 Å². The van der Waals surface area contributed by atoms with Crippen LogP contribution in [-0.2, 0) is 4.74 Å². The SMILES string of the molecule is CCOc1ccc(N2CCN(C(=O)Nc3ccccc3C(=O)OC)CC2)cc1. The molecule has 1 heterocycles. The van der Waals surface area contributed by atoms with Crippen molar-refractivity contribution in [2.24, 2.45) is 0 Å². The molecule has 2 aromatic carbocycles. The molecule has 7 nitrogen and oxygen atoms in total. The quantitative estimate of drug-likeness (QED) is 0.803. The molecule has 0 atom stereocenters. The standard InChI is InChI=1S/C21H25N3O4/c1-3-28-17-10-8-16(9-11-17)23-12-14-24(15-13-23)21(26)22-19-7-5-4-6-18(19)20(25)27-2/h4-11H,3,12-15H2,1-2H3,(H,22,26). The van der Waals surface area contributed by atoms with Gasteiger partial charge in [-0.2, -0.15) is 0 Å². The highest BCUT2D eigenvalue weighted by molar-refractivity contribution is 6.00. The normalized spacial score (nSPS) is 13.8. The van der Waals surface area contributed by atoms with Gasteiger partial charge in [0.25, 0.3) is 0 Å². The minimum atomic E-state index is -0.476. The minimum absolute atomic E-state index is 0.220. The maximum atomic E-state index is 12.6. The predicted octanol–water partition coefficient (Wildman–Crippen LogP) is 3.23. The summed E-state index contributed by atoms with van der Waals surface area (Å²) >= 11 is 0. The van der Waals surface area contributed by atoms with Crippen molar-refractivity contribution in [1.29, 1.82) is 0 Å². The third-order valence-corrected chi connectivity index (χ3v) is 4.65. The molecule has 0 unspecified atom stereocenters. The Labute approximate surface area is 164 Å². The van der Waals surface area contributed by atoms with Gasteiger partial charge in [0, 0.05) is 31.9 Å². The molecule has 28 heavy (non-hydrogen) atoms. The van der Waals surface area contributed by atoms with Crippen LogP contribution in [0.25, 0.3) is 0 Å². The Kier molecular flexibility index (Phi) is 6.37. The van der Waals surface area contributed by atoms with E-state index in [0.717, 1.165) is 24.5 Å². The van der Waals surface area contributed by atoms with Crippen molar-refractivity contribution >= 4 is 23.4 Å². The van der Waals surface area contributed by atoms with Crippen molar-refractivity contribution in [3.8, 4) is 5.75 Å². The maximum absolute atomic E-state index is 12.6. The maximum Gasteiger partial charge on any atom is 0.339 e. The number of carbonyl (C=O) groups is 2. The molecule has 7 heteroatoms. The first kappa shape index (κ1) is 19.5. The molecular weight excluding hydrogens is 358 g/mol. The molecule has 0 aliphatic carbocycles. The number of esters is 1. The van der Waals surface area contributed by atoms with Crippen LogP contribution in [-0.4, -0.2) is 56.8 Å². The third-order valence-electron chi connectivity index (χ3n) is 4.65. The number of hydrogen-bond acceptors (Lipinski definition) is 5. The van der Waals surface area contributed by atoms with E-state index in [2.05, 4.69) is 10.2 Å². The van der Waals surface area contributed by atoms with Crippen molar-refractivity contribution in [2.45, 2.75) is 6.92 Å². The summed E-state index contributed by atoms with van der Waals surface area (Å²) in [5, 5.41) is 2.82. The summed E-state index contributed by atoms with van der Waals surface area (Å²) in [6.45, 7) is 5.27. The summed E-state index contributed by atoms with van der Waals surface area (Å²) in [7, 11) is 1.32. The number of carbonyl (C=O) groups excluding carboxylic acids is 2. The van der Waals surface area contributed by atoms with Crippen LogP contribution >= 0.6 is 0 Å². The smallest absolute Gasteiger partial charge is 0.339 e. The van der Waals surface area contributed by atoms with E-state index < -0.39 is 5.97 Å². The van der Waals surface area contributed by atoms with E-state index in [9.17, 15) is 9.59 Å². The first-order valence-electron chi connectivity index (χ1n) is 9.33. The molecule has 3 rings (SSSR count). The van der Waals surface area contributed by atoms with Crippen LogP contribution in [0.15, 0.2) is 48.5 Å². The van der Waals surface area contributed by atoms with Gasteiger partial charge in [0.1, 0.15) is 5.75 Å². The van der Waals surface area contributed by atoms with E-state index in [4.69, 9.17) is 9.47 Å². The molecule has 1 aliphatic heterocycles. The number of urea groups is 1. The van der Waals surface area contributed by atoms with Gasteiger partial charge < -0.3 is 24.6 Å². The van der Waals surface area contributed by atoms with Gasteiger partial charge in [0.05, 0.1) is 25.0 Å². The molecule has 2 aromatic rings. The summed E-state index contributed by atoms with van der Waals surface area (Å²) in [5.41, 5.74) is 1.90. The fraction of sp³-hybridized carbons (Fsp3) is 0.333. The number of nitrogens with zero attached hydrogens (tertiary/aromatic N) is 2. The summed E-state index contributed by atoms with van der Waals surface area (Å²) in [6, 6.07) is 14.6. The van der Waals surface area contributed by atoms with Gasteiger partial charge in [0.15, 0.2) is 0 Å². The van der Waals surface area contributed by atoms with E-state index in [1.54, 1.807) is 29.2 Å². The van der Waals surface area contributed by atoms with Crippen LogP contribution in [0.4, 0.5) is 16.2 Å². The number of methoxy groups -OCH3 is 1. The number of anilines is 2. The lowest BCUT2D eigenvalue weighted by atomic mass is 10.2. The Bertz CT molecular complexity index is 815. The summed E-state index contributed by atoms with van der Waals surface area (Å²) in [4.78, 5) is 28.5. The molecule has 0 aromatic heterocycles. The summed E-state index contributed by atoms with van der Waals surface area (Å²) in [5.74, 6) is 0.379. The largest absolute Gasteiger partial charge is 0.494 e. The van der Waals surface area contributed by atoms with Crippen LogP contribution in [0.3, 0.4) is 0 Å². The Morgan fingerprint density at radius 3 is 2.32 bits per heavy atom. The van der Waals surface area contributed by atoms with Gasteiger partial charge in [-0.3, -0.25) is 0 Å². The number of ether oxygens (including phenoxy) is 2. The van der Waals surface area contributed by atoms with Crippen molar-refractivity contribution in [3.63, 3.8) is 0 Å². The number of nitrogens with one attached hydrogen (secondary N) is 1. The third kappa shape index (κ3) is 4.54. The van der Waals surface area contributed by atoms with Crippen molar-refractivity contribution in [2.75, 3.05) is 50.1 Å². The lowest BCUT2D eigenvalue weighted by Crippen LogP contribution is -2.50. The molecular formula is C21H25N3O4. The fourth-order valence-electron chi connectivity index (χ4n) is 3.16. The Balaban J connectivity index is 1.58. The van der Waals surface area contributed by atoms with Gasteiger partial charge in [-0.25, -0.2) is 9.59 Å². The van der Waals surface area contributed by atoms with Crippen LogP contribution in [0.2, 0.25) is 0 Å². The molecule has 0 radical (unpaired) electrons. The van der Waals surface area contributed by atoms with Crippen LogP contribution in [0, 0.1) is 0 Å². The fourth-order valence-corrected chi connectivity index (χ4v) is 3.16. The molecule has 1 fully saturated rings. The Morgan fingerprint density at radius 1 is 1.00 bits per heavy atom. The summed E-state index contributed by atoms with van der Waals surface area (Å²) in [6.07, 6.45) is 0. The number of amides is 2. The average molecular weight is 383 g/mol. The number of benzene rings is 2. The van der Waals surface area contributed by atoms with Gasteiger partial charge in [-0.1, -0.05) is 12.1 Å². The Hall–Kier alpha value is -3.22. The monoisotopic (exact) mass is 383 g/mol. The van der Waals surface area contributed by atoms with Crippen molar-refractivity contribution < 1.29 is 19.1 Å². The molecule has 1 aliphatic rings. The number of rotatable bonds is 5. The van der Waals surface area contributed by atoms with Crippen LogP contribution < -0.4 is 15.0 Å². The van der Waals surface area contributed by atoms with Crippen molar-refractivity contribution in [1.82, 2.24) is 4.90 Å².